The number of nitrogens with zero attached hydrogens (tertiary/aromatic N) is 1. The molecule has 0 radical (unpaired) electrons. The maximum atomic E-state index is 9.17. The molecule has 1 fully saturated rings. The largest absolute Gasteiger partial charge is 0.346 e. The molecule has 0 spiro atoms. The molecule has 17 heavy (non-hydrogen) atoms. The Morgan fingerprint density at radius 2 is 1.94 bits per heavy atom. The SMILES string of the molecule is CC(C)(C#N)c1cc(Br)cc(C2OCCO2)c1. The van der Waals surface area contributed by atoms with Crippen molar-refractivity contribution in [2.75, 3.05) is 13.2 Å². The Morgan fingerprint density at radius 3 is 2.53 bits per heavy atom. The molecule has 1 saturated heterocycles. The van der Waals surface area contributed by atoms with E-state index in [0.717, 1.165) is 15.6 Å². The van der Waals surface area contributed by atoms with Gasteiger partial charge in [-0.25, -0.2) is 0 Å². The van der Waals surface area contributed by atoms with Crippen molar-refractivity contribution in [1.82, 2.24) is 0 Å². The van der Waals surface area contributed by atoms with Crippen molar-refractivity contribution in [3.8, 4) is 6.07 Å². The molecule has 1 aromatic carbocycles. The first-order valence-electron chi connectivity index (χ1n) is 5.48. The van der Waals surface area contributed by atoms with Gasteiger partial charge in [0.25, 0.3) is 0 Å². The van der Waals surface area contributed by atoms with Crippen LogP contribution in [0.5, 0.6) is 0 Å². The second-order valence-corrected chi connectivity index (χ2v) is 5.50. The minimum absolute atomic E-state index is 0.305. The van der Waals surface area contributed by atoms with E-state index in [2.05, 4.69) is 22.0 Å². The van der Waals surface area contributed by atoms with Gasteiger partial charge >= 0.3 is 0 Å². The standard InChI is InChI=1S/C13H14BrNO2/c1-13(2,8-15)10-5-9(6-11(14)7-10)12-16-3-4-17-12/h5-7,12H,3-4H2,1-2H3. The van der Waals surface area contributed by atoms with E-state index in [1.165, 1.54) is 0 Å². The second kappa shape index (κ2) is 4.77. The van der Waals surface area contributed by atoms with E-state index in [1.807, 2.05) is 32.0 Å². The van der Waals surface area contributed by atoms with Crippen LogP contribution >= 0.6 is 15.9 Å². The number of benzene rings is 1. The quantitative estimate of drug-likeness (QED) is 0.841. The van der Waals surface area contributed by atoms with Gasteiger partial charge in [-0.05, 0) is 37.6 Å². The third-order valence-electron chi connectivity index (χ3n) is 2.82. The molecular weight excluding hydrogens is 282 g/mol. The van der Waals surface area contributed by atoms with Crippen LogP contribution in [0.1, 0.15) is 31.3 Å². The highest BCUT2D eigenvalue weighted by molar-refractivity contribution is 9.10. The molecule has 90 valence electrons. The van der Waals surface area contributed by atoms with Crippen LogP contribution in [0.25, 0.3) is 0 Å². The van der Waals surface area contributed by atoms with Crippen molar-refractivity contribution in [1.29, 1.82) is 5.26 Å². The van der Waals surface area contributed by atoms with Gasteiger partial charge in [-0.1, -0.05) is 15.9 Å². The summed E-state index contributed by atoms with van der Waals surface area (Å²) in [7, 11) is 0. The lowest BCUT2D eigenvalue weighted by Gasteiger charge is -2.19. The van der Waals surface area contributed by atoms with Crippen molar-refractivity contribution in [3.05, 3.63) is 33.8 Å². The number of hydrogen-bond donors (Lipinski definition) is 0. The van der Waals surface area contributed by atoms with Crippen LogP contribution < -0.4 is 0 Å². The summed E-state index contributed by atoms with van der Waals surface area (Å²) in [5, 5.41) is 9.17. The Hall–Kier alpha value is -0.890. The van der Waals surface area contributed by atoms with Crippen LogP contribution in [0.3, 0.4) is 0 Å². The van der Waals surface area contributed by atoms with E-state index >= 15 is 0 Å². The normalized spacial score (nSPS) is 17.1. The minimum atomic E-state index is -0.517. The summed E-state index contributed by atoms with van der Waals surface area (Å²) in [5.74, 6) is 0. The van der Waals surface area contributed by atoms with Crippen LogP contribution in [0.2, 0.25) is 0 Å². The number of nitriles is 1. The monoisotopic (exact) mass is 295 g/mol. The smallest absolute Gasteiger partial charge is 0.184 e. The van der Waals surface area contributed by atoms with Gasteiger partial charge in [0.05, 0.1) is 24.7 Å². The Labute approximate surface area is 109 Å². The van der Waals surface area contributed by atoms with Crippen LogP contribution in [0.15, 0.2) is 22.7 Å². The summed E-state index contributed by atoms with van der Waals surface area (Å²) in [6.07, 6.45) is -0.305. The fourth-order valence-corrected chi connectivity index (χ4v) is 2.24. The van der Waals surface area contributed by atoms with Crippen molar-refractivity contribution >= 4 is 15.9 Å². The van der Waals surface area contributed by atoms with E-state index < -0.39 is 5.41 Å². The van der Waals surface area contributed by atoms with Gasteiger partial charge < -0.3 is 9.47 Å². The molecule has 1 aliphatic rings. The number of hydrogen-bond acceptors (Lipinski definition) is 3. The predicted molar refractivity (Wildman–Crippen MR) is 67.4 cm³/mol. The molecule has 1 aliphatic heterocycles. The molecule has 0 saturated carbocycles. The molecule has 0 bridgehead atoms. The van der Waals surface area contributed by atoms with Gasteiger partial charge in [0.2, 0.25) is 0 Å². The summed E-state index contributed by atoms with van der Waals surface area (Å²) < 4.78 is 11.9. The van der Waals surface area contributed by atoms with E-state index in [9.17, 15) is 0 Å². The zero-order chi connectivity index (χ0) is 12.5. The van der Waals surface area contributed by atoms with E-state index in [0.29, 0.717) is 13.2 Å². The van der Waals surface area contributed by atoms with Gasteiger partial charge in [-0.2, -0.15) is 5.26 Å². The lowest BCUT2D eigenvalue weighted by Crippen LogP contribution is -2.14. The van der Waals surface area contributed by atoms with Crippen molar-refractivity contribution in [2.24, 2.45) is 0 Å². The third-order valence-corrected chi connectivity index (χ3v) is 3.27. The Morgan fingerprint density at radius 1 is 1.29 bits per heavy atom. The van der Waals surface area contributed by atoms with Crippen molar-refractivity contribution < 1.29 is 9.47 Å². The molecular formula is C13H14BrNO2. The molecule has 0 unspecified atom stereocenters. The van der Waals surface area contributed by atoms with Gasteiger partial charge in [0.1, 0.15) is 0 Å². The topological polar surface area (TPSA) is 42.2 Å². The minimum Gasteiger partial charge on any atom is -0.346 e. The Balaban J connectivity index is 2.39. The molecule has 0 aromatic heterocycles. The summed E-state index contributed by atoms with van der Waals surface area (Å²) in [6, 6.07) is 8.20. The average Bonchev–Trinajstić information content (AvgIpc) is 2.81. The van der Waals surface area contributed by atoms with Crippen LogP contribution in [-0.4, -0.2) is 13.2 Å². The first-order valence-corrected chi connectivity index (χ1v) is 6.28. The van der Waals surface area contributed by atoms with Crippen LogP contribution in [-0.2, 0) is 14.9 Å². The molecule has 1 heterocycles. The maximum absolute atomic E-state index is 9.17. The highest BCUT2D eigenvalue weighted by atomic mass is 79.9. The third kappa shape index (κ3) is 2.68. The summed E-state index contributed by atoms with van der Waals surface area (Å²) in [4.78, 5) is 0. The number of rotatable bonds is 2. The fraction of sp³-hybridized carbons (Fsp3) is 0.462. The van der Waals surface area contributed by atoms with Gasteiger partial charge in [0, 0.05) is 10.0 Å². The zero-order valence-corrected chi connectivity index (χ0v) is 11.5. The molecule has 0 aliphatic carbocycles. The molecule has 3 nitrogen and oxygen atoms in total. The molecule has 2 rings (SSSR count). The van der Waals surface area contributed by atoms with Gasteiger partial charge in [-0.15, -0.1) is 0 Å². The predicted octanol–water partition coefficient (Wildman–Crippen LogP) is 3.30. The summed E-state index contributed by atoms with van der Waals surface area (Å²) in [5.41, 5.74) is 1.40. The lowest BCUT2D eigenvalue weighted by atomic mass is 9.85. The van der Waals surface area contributed by atoms with E-state index in [4.69, 9.17) is 14.7 Å². The highest BCUT2D eigenvalue weighted by Crippen LogP contribution is 2.31. The number of ether oxygens (including phenoxy) is 2. The van der Waals surface area contributed by atoms with Crippen molar-refractivity contribution in [3.63, 3.8) is 0 Å². The summed E-state index contributed by atoms with van der Waals surface area (Å²) in [6.45, 7) is 5.03. The molecule has 0 N–H and O–H groups in total. The van der Waals surface area contributed by atoms with Gasteiger partial charge in [0.15, 0.2) is 6.29 Å². The molecule has 4 heteroatoms. The fourth-order valence-electron chi connectivity index (χ4n) is 1.72. The molecule has 0 amide bonds. The van der Waals surface area contributed by atoms with Crippen LogP contribution in [0, 0.1) is 11.3 Å². The lowest BCUT2D eigenvalue weighted by molar-refractivity contribution is -0.0442. The molecule has 1 aromatic rings. The Kier molecular flexibility index (Phi) is 3.53. The summed E-state index contributed by atoms with van der Waals surface area (Å²) >= 11 is 3.46. The van der Waals surface area contributed by atoms with Crippen LogP contribution in [0.4, 0.5) is 0 Å². The molecule has 0 atom stereocenters. The first-order chi connectivity index (χ1) is 8.03. The van der Waals surface area contributed by atoms with Gasteiger partial charge in [-0.3, -0.25) is 0 Å². The second-order valence-electron chi connectivity index (χ2n) is 4.58. The van der Waals surface area contributed by atoms with E-state index in [1.54, 1.807) is 0 Å². The zero-order valence-electron chi connectivity index (χ0n) is 9.87. The Bertz CT molecular complexity index is 459. The maximum Gasteiger partial charge on any atom is 0.184 e. The first kappa shape index (κ1) is 12.6. The highest BCUT2D eigenvalue weighted by Gasteiger charge is 2.24. The van der Waals surface area contributed by atoms with Crippen molar-refractivity contribution in [2.45, 2.75) is 25.6 Å². The number of halogens is 1. The van der Waals surface area contributed by atoms with E-state index in [-0.39, 0.29) is 6.29 Å². The average molecular weight is 296 g/mol.